The van der Waals surface area contributed by atoms with Crippen molar-refractivity contribution in [2.45, 2.75) is 5.33 Å². The van der Waals surface area contributed by atoms with Gasteiger partial charge in [-0.1, -0.05) is 15.9 Å². The van der Waals surface area contributed by atoms with Crippen molar-refractivity contribution in [1.82, 2.24) is 9.97 Å². The second-order valence-electron chi connectivity index (χ2n) is 1.46. The fourth-order valence-electron chi connectivity index (χ4n) is 0.453. The van der Waals surface area contributed by atoms with Crippen molar-refractivity contribution in [2.75, 3.05) is 0 Å². The van der Waals surface area contributed by atoms with Crippen LogP contribution in [0.15, 0.2) is 12.3 Å². The Bertz CT molecular complexity index is 204. The van der Waals surface area contributed by atoms with Crippen LogP contribution in [0.3, 0.4) is 0 Å². The fraction of sp³-hybridized carbons (Fsp3) is 0.200. The van der Waals surface area contributed by atoms with Gasteiger partial charge in [-0.15, -0.1) is 0 Å². The molecule has 3 nitrogen and oxygen atoms in total. The van der Waals surface area contributed by atoms with Gasteiger partial charge in [0.05, 0.1) is 5.33 Å². The van der Waals surface area contributed by atoms with Gasteiger partial charge in [0.25, 0.3) is 0 Å². The molecule has 0 aliphatic carbocycles. The zero-order valence-electron chi connectivity index (χ0n) is 4.58. The zero-order chi connectivity index (χ0) is 6.69. The second-order valence-corrected chi connectivity index (χ2v) is 2.03. The molecule has 0 bridgehead atoms. The summed E-state index contributed by atoms with van der Waals surface area (Å²) in [5.41, 5.74) is 0. The Balaban J connectivity index is 2.94. The largest absolute Gasteiger partial charge is 0.493 e. The summed E-state index contributed by atoms with van der Waals surface area (Å²) in [6, 6.07) is 1.44. The SMILES string of the molecule is Oc1ccnc(CBr)n1. The first-order valence-electron chi connectivity index (χ1n) is 2.40. The lowest BCUT2D eigenvalue weighted by Crippen LogP contribution is -1.87. The number of halogens is 1. The Morgan fingerprint density at radius 3 is 2.89 bits per heavy atom. The Morgan fingerprint density at radius 1 is 1.67 bits per heavy atom. The Hall–Kier alpha value is -0.640. The van der Waals surface area contributed by atoms with Gasteiger partial charge in [0.1, 0.15) is 5.82 Å². The molecular formula is C5H5BrN2O. The van der Waals surface area contributed by atoms with Gasteiger partial charge >= 0.3 is 0 Å². The van der Waals surface area contributed by atoms with Crippen molar-refractivity contribution >= 4 is 15.9 Å². The number of alkyl halides is 1. The third-order valence-corrected chi connectivity index (χ3v) is 1.31. The smallest absolute Gasteiger partial charge is 0.214 e. The van der Waals surface area contributed by atoms with Crippen LogP contribution in [0.25, 0.3) is 0 Å². The number of aromatic nitrogens is 2. The number of hydrogen-bond acceptors (Lipinski definition) is 3. The van der Waals surface area contributed by atoms with E-state index in [-0.39, 0.29) is 5.88 Å². The van der Waals surface area contributed by atoms with Crippen LogP contribution < -0.4 is 0 Å². The van der Waals surface area contributed by atoms with Crippen molar-refractivity contribution < 1.29 is 5.11 Å². The molecule has 0 saturated heterocycles. The van der Waals surface area contributed by atoms with Crippen LogP contribution in [-0.4, -0.2) is 15.1 Å². The van der Waals surface area contributed by atoms with Gasteiger partial charge in [0.15, 0.2) is 0 Å². The van der Waals surface area contributed by atoms with Crippen molar-refractivity contribution in [2.24, 2.45) is 0 Å². The molecule has 9 heavy (non-hydrogen) atoms. The van der Waals surface area contributed by atoms with Gasteiger partial charge in [-0.25, -0.2) is 4.98 Å². The fourth-order valence-corrected chi connectivity index (χ4v) is 0.723. The lowest BCUT2D eigenvalue weighted by molar-refractivity contribution is 0.450. The molecular weight excluding hydrogens is 184 g/mol. The van der Waals surface area contributed by atoms with Gasteiger partial charge in [0, 0.05) is 12.3 Å². The first-order chi connectivity index (χ1) is 4.33. The molecule has 0 atom stereocenters. The van der Waals surface area contributed by atoms with Gasteiger partial charge in [-0.05, 0) is 0 Å². The van der Waals surface area contributed by atoms with Crippen LogP contribution in [0, 0.1) is 0 Å². The Kier molecular flexibility index (Phi) is 2.00. The molecule has 4 heteroatoms. The van der Waals surface area contributed by atoms with E-state index in [2.05, 4.69) is 25.9 Å². The van der Waals surface area contributed by atoms with E-state index in [1.807, 2.05) is 0 Å². The molecule has 1 N–H and O–H groups in total. The third kappa shape index (κ3) is 1.64. The Labute approximate surface area is 60.9 Å². The molecule has 1 rings (SSSR count). The van der Waals surface area contributed by atoms with E-state index in [4.69, 9.17) is 5.11 Å². The third-order valence-electron chi connectivity index (χ3n) is 0.810. The molecule has 0 spiro atoms. The van der Waals surface area contributed by atoms with Crippen LogP contribution >= 0.6 is 15.9 Å². The van der Waals surface area contributed by atoms with E-state index >= 15 is 0 Å². The molecule has 0 saturated carbocycles. The first-order valence-corrected chi connectivity index (χ1v) is 3.52. The summed E-state index contributed by atoms with van der Waals surface area (Å²) in [5, 5.41) is 9.34. The predicted molar refractivity (Wildman–Crippen MR) is 36.3 cm³/mol. The quantitative estimate of drug-likeness (QED) is 0.672. The van der Waals surface area contributed by atoms with Crippen LogP contribution in [0.5, 0.6) is 5.88 Å². The highest BCUT2D eigenvalue weighted by Crippen LogP contribution is 2.03. The van der Waals surface area contributed by atoms with Gasteiger partial charge in [-0.2, -0.15) is 4.98 Å². The van der Waals surface area contributed by atoms with Gasteiger partial charge in [0.2, 0.25) is 5.88 Å². The summed E-state index contributed by atoms with van der Waals surface area (Å²) < 4.78 is 0. The lowest BCUT2D eigenvalue weighted by Gasteiger charge is -1.91. The maximum atomic E-state index is 8.77. The predicted octanol–water partition coefficient (Wildman–Crippen LogP) is 1.08. The molecule has 0 fully saturated rings. The molecule has 0 aromatic carbocycles. The number of hydrogen-bond donors (Lipinski definition) is 1. The van der Waals surface area contributed by atoms with Crippen molar-refractivity contribution in [3.63, 3.8) is 0 Å². The summed E-state index contributed by atoms with van der Waals surface area (Å²) in [7, 11) is 0. The summed E-state index contributed by atoms with van der Waals surface area (Å²) in [4.78, 5) is 7.53. The monoisotopic (exact) mass is 188 g/mol. The highest BCUT2D eigenvalue weighted by Gasteiger charge is 1.92. The number of aromatic hydroxyl groups is 1. The average molecular weight is 189 g/mol. The van der Waals surface area contributed by atoms with Crippen molar-refractivity contribution in [3.05, 3.63) is 18.1 Å². The molecule has 0 amide bonds. The molecule has 1 heterocycles. The van der Waals surface area contributed by atoms with E-state index in [1.165, 1.54) is 12.3 Å². The minimum Gasteiger partial charge on any atom is -0.493 e. The van der Waals surface area contributed by atoms with E-state index < -0.39 is 0 Å². The topological polar surface area (TPSA) is 46.0 Å². The molecule has 1 aromatic heterocycles. The Morgan fingerprint density at radius 2 is 2.44 bits per heavy atom. The number of rotatable bonds is 1. The highest BCUT2D eigenvalue weighted by molar-refractivity contribution is 9.08. The van der Waals surface area contributed by atoms with Crippen LogP contribution in [0.2, 0.25) is 0 Å². The summed E-state index contributed by atoms with van der Waals surface area (Å²) in [6.45, 7) is 0. The molecule has 1 aromatic rings. The standard InChI is InChI=1S/C5H5BrN2O/c6-3-4-7-2-1-5(9)8-4/h1-2H,3H2,(H,7,8,9). The van der Waals surface area contributed by atoms with Crippen LogP contribution in [0.1, 0.15) is 5.82 Å². The van der Waals surface area contributed by atoms with E-state index in [0.717, 1.165) is 0 Å². The molecule has 0 aliphatic heterocycles. The normalized spacial score (nSPS) is 9.44. The highest BCUT2D eigenvalue weighted by atomic mass is 79.9. The van der Waals surface area contributed by atoms with Gasteiger partial charge < -0.3 is 5.11 Å². The van der Waals surface area contributed by atoms with Crippen molar-refractivity contribution in [3.8, 4) is 5.88 Å². The van der Waals surface area contributed by atoms with Crippen molar-refractivity contribution in [1.29, 1.82) is 0 Å². The van der Waals surface area contributed by atoms with Gasteiger partial charge in [-0.3, -0.25) is 0 Å². The molecule has 0 radical (unpaired) electrons. The first kappa shape index (κ1) is 6.48. The second kappa shape index (κ2) is 2.77. The van der Waals surface area contributed by atoms with Crippen LogP contribution in [0.4, 0.5) is 0 Å². The van der Waals surface area contributed by atoms with Crippen LogP contribution in [-0.2, 0) is 5.33 Å². The summed E-state index contributed by atoms with van der Waals surface area (Å²) in [5.74, 6) is 0.606. The van der Waals surface area contributed by atoms with E-state index in [9.17, 15) is 0 Å². The maximum Gasteiger partial charge on any atom is 0.214 e. The summed E-state index contributed by atoms with van der Waals surface area (Å²) in [6.07, 6.45) is 1.51. The minimum atomic E-state index is 0.0134. The summed E-state index contributed by atoms with van der Waals surface area (Å²) >= 11 is 3.16. The average Bonchev–Trinajstić information content (AvgIpc) is 1.88. The molecule has 0 unspecified atom stereocenters. The van der Waals surface area contributed by atoms with E-state index in [1.54, 1.807) is 0 Å². The maximum absolute atomic E-state index is 8.77. The molecule has 48 valence electrons. The van der Waals surface area contributed by atoms with E-state index in [0.29, 0.717) is 11.2 Å². The number of nitrogens with zero attached hydrogens (tertiary/aromatic N) is 2. The minimum absolute atomic E-state index is 0.0134. The molecule has 0 aliphatic rings. The zero-order valence-corrected chi connectivity index (χ0v) is 6.17. The lowest BCUT2D eigenvalue weighted by atomic mass is 10.6.